The fourth-order valence-electron chi connectivity index (χ4n) is 2.00. The van der Waals surface area contributed by atoms with Crippen LogP contribution in [-0.4, -0.2) is 53.0 Å². The molecule has 1 rings (SSSR count). The standard InChI is InChI=1S/C14H26N4O3S/c1-4-7-9-11-22(20,21)13-15-12-18(16-13)14(19)17(6-3)10-8-5-2/h12H,4-11H2,1-3H3. The Balaban J connectivity index is 2.79. The number of unbranched alkanes of at least 4 members (excludes halogenated alkanes) is 3. The highest BCUT2D eigenvalue weighted by molar-refractivity contribution is 7.91. The maximum Gasteiger partial charge on any atom is 0.346 e. The zero-order valence-corrected chi connectivity index (χ0v) is 14.5. The average molecular weight is 330 g/mol. The van der Waals surface area contributed by atoms with E-state index in [9.17, 15) is 13.2 Å². The number of hydrogen-bond donors (Lipinski definition) is 0. The van der Waals surface area contributed by atoms with Crippen molar-refractivity contribution in [1.29, 1.82) is 0 Å². The van der Waals surface area contributed by atoms with E-state index in [1.807, 2.05) is 13.8 Å². The Morgan fingerprint density at radius 1 is 1.18 bits per heavy atom. The summed E-state index contributed by atoms with van der Waals surface area (Å²) < 4.78 is 25.2. The molecule has 0 fully saturated rings. The molecule has 22 heavy (non-hydrogen) atoms. The van der Waals surface area contributed by atoms with Crippen LogP contribution in [-0.2, 0) is 9.84 Å². The zero-order chi connectivity index (χ0) is 16.6. The van der Waals surface area contributed by atoms with Gasteiger partial charge in [0.15, 0.2) is 0 Å². The van der Waals surface area contributed by atoms with Crippen LogP contribution in [0.5, 0.6) is 0 Å². The van der Waals surface area contributed by atoms with Gasteiger partial charge >= 0.3 is 6.03 Å². The van der Waals surface area contributed by atoms with Gasteiger partial charge in [-0.1, -0.05) is 33.1 Å². The molecule has 0 aliphatic heterocycles. The number of sulfone groups is 1. The summed E-state index contributed by atoms with van der Waals surface area (Å²) in [5, 5.41) is 3.60. The van der Waals surface area contributed by atoms with Gasteiger partial charge in [-0.05, 0) is 19.8 Å². The molecule has 0 atom stereocenters. The highest BCUT2D eigenvalue weighted by Gasteiger charge is 2.22. The lowest BCUT2D eigenvalue weighted by Crippen LogP contribution is -2.35. The lowest BCUT2D eigenvalue weighted by Gasteiger charge is -2.19. The minimum Gasteiger partial charge on any atom is -0.323 e. The van der Waals surface area contributed by atoms with Crippen molar-refractivity contribution in [3.05, 3.63) is 6.33 Å². The van der Waals surface area contributed by atoms with Gasteiger partial charge in [-0.3, -0.25) is 0 Å². The van der Waals surface area contributed by atoms with Crippen LogP contribution >= 0.6 is 0 Å². The van der Waals surface area contributed by atoms with Crippen LogP contribution in [0.25, 0.3) is 0 Å². The zero-order valence-electron chi connectivity index (χ0n) is 13.7. The molecule has 0 spiro atoms. The third kappa shape index (κ3) is 5.08. The van der Waals surface area contributed by atoms with Gasteiger partial charge in [0.25, 0.3) is 5.16 Å². The van der Waals surface area contributed by atoms with Gasteiger partial charge in [0.05, 0.1) is 5.75 Å². The maximum atomic E-state index is 12.3. The Bertz CT molecular complexity index is 568. The molecule has 1 heterocycles. The molecule has 0 aliphatic carbocycles. The number of carbonyl (C=O) groups excluding carboxylic acids is 1. The predicted octanol–water partition coefficient (Wildman–Crippen LogP) is 2.33. The van der Waals surface area contributed by atoms with Crippen molar-refractivity contribution < 1.29 is 13.2 Å². The van der Waals surface area contributed by atoms with E-state index in [2.05, 4.69) is 17.0 Å². The maximum absolute atomic E-state index is 12.3. The Morgan fingerprint density at radius 2 is 1.86 bits per heavy atom. The SMILES string of the molecule is CCCCCS(=O)(=O)c1ncn(C(=O)N(CC)CCCC)n1. The molecule has 0 aliphatic rings. The number of aromatic nitrogens is 3. The summed E-state index contributed by atoms with van der Waals surface area (Å²) in [5.74, 6) is 0.0202. The fraction of sp³-hybridized carbons (Fsp3) is 0.786. The lowest BCUT2D eigenvalue weighted by molar-refractivity contribution is 0.197. The van der Waals surface area contributed by atoms with Crippen molar-refractivity contribution >= 4 is 15.9 Å². The number of hydrogen-bond acceptors (Lipinski definition) is 5. The first-order valence-corrected chi connectivity index (χ1v) is 9.55. The third-order valence-corrected chi connectivity index (χ3v) is 4.96. The summed E-state index contributed by atoms with van der Waals surface area (Å²) in [6.45, 7) is 7.12. The molecule has 0 N–H and O–H groups in total. The van der Waals surface area contributed by atoms with Gasteiger partial charge in [-0.15, -0.1) is 5.10 Å². The molecular formula is C14H26N4O3S. The molecular weight excluding hydrogens is 304 g/mol. The van der Waals surface area contributed by atoms with Crippen LogP contribution < -0.4 is 0 Å². The summed E-state index contributed by atoms with van der Waals surface area (Å²) >= 11 is 0. The van der Waals surface area contributed by atoms with Crippen molar-refractivity contribution in [1.82, 2.24) is 19.7 Å². The van der Waals surface area contributed by atoms with Gasteiger partial charge in [-0.25, -0.2) is 18.2 Å². The van der Waals surface area contributed by atoms with E-state index in [0.29, 0.717) is 19.5 Å². The van der Waals surface area contributed by atoms with E-state index in [0.717, 1.165) is 30.4 Å². The summed E-state index contributed by atoms with van der Waals surface area (Å²) in [5.41, 5.74) is 0. The number of amides is 1. The lowest BCUT2D eigenvalue weighted by atomic mass is 10.3. The molecule has 0 radical (unpaired) electrons. The molecule has 1 aromatic rings. The minimum atomic E-state index is -3.51. The van der Waals surface area contributed by atoms with Crippen molar-refractivity contribution in [2.24, 2.45) is 0 Å². The van der Waals surface area contributed by atoms with Gasteiger partial charge < -0.3 is 4.90 Å². The third-order valence-electron chi connectivity index (χ3n) is 3.40. The van der Waals surface area contributed by atoms with E-state index in [-0.39, 0.29) is 16.9 Å². The Labute approximate surface area is 132 Å². The van der Waals surface area contributed by atoms with Crippen molar-refractivity contribution in [3.8, 4) is 0 Å². The first-order chi connectivity index (χ1) is 10.5. The molecule has 0 aromatic carbocycles. The summed E-state index contributed by atoms with van der Waals surface area (Å²) in [6, 6.07) is -0.335. The highest BCUT2D eigenvalue weighted by Crippen LogP contribution is 2.09. The summed E-state index contributed by atoms with van der Waals surface area (Å²) in [6.07, 6.45) is 5.44. The van der Waals surface area contributed by atoms with E-state index in [1.165, 1.54) is 6.33 Å². The first-order valence-electron chi connectivity index (χ1n) is 7.89. The Kier molecular flexibility index (Phi) is 7.50. The van der Waals surface area contributed by atoms with Gasteiger partial charge in [0.2, 0.25) is 9.84 Å². The van der Waals surface area contributed by atoms with Crippen LogP contribution in [0, 0.1) is 0 Å². The predicted molar refractivity (Wildman–Crippen MR) is 84.5 cm³/mol. The first kappa shape index (κ1) is 18.6. The molecule has 126 valence electrons. The second kappa shape index (κ2) is 8.87. The fourth-order valence-corrected chi connectivity index (χ4v) is 3.19. The van der Waals surface area contributed by atoms with Crippen molar-refractivity contribution in [2.75, 3.05) is 18.8 Å². The van der Waals surface area contributed by atoms with E-state index in [1.54, 1.807) is 4.90 Å². The molecule has 1 amide bonds. The second-order valence-corrected chi connectivity index (χ2v) is 7.22. The van der Waals surface area contributed by atoms with Crippen molar-refractivity contribution in [3.63, 3.8) is 0 Å². The Hall–Kier alpha value is -1.44. The average Bonchev–Trinajstić information content (AvgIpc) is 2.98. The quantitative estimate of drug-likeness (QED) is 0.649. The summed E-state index contributed by atoms with van der Waals surface area (Å²) in [4.78, 5) is 17.7. The van der Waals surface area contributed by atoms with Crippen LogP contribution in [0.1, 0.15) is 52.9 Å². The van der Waals surface area contributed by atoms with Crippen LogP contribution in [0.15, 0.2) is 11.5 Å². The highest BCUT2D eigenvalue weighted by atomic mass is 32.2. The topological polar surface area (TPSA) is 85.2 Å². The molecule has 8 heteroatoms. The molecule has 1 aromatic heterocycles. The van der Waals surface area contributed by atoms with Crippen LogP contribution in [0.4, 0.5) is 4.79 Å². The van der Waals surface area contributed by atoms with Crippen LogP contribution in [0.2, 0.25) is 0 Å². The molecule has 7 nitrogen and oxygen atoms in total. The van der Waals surface area contributed by atoms with Gasteiger partial charge in [-0.2, -0.15) is 4.68 Å². The number of nitrogens with zero attached hydrogens (tertiary/aromatic N) is 4. The number of carbonyl (C=O) groups is 1. The molecule has 0 saturated carbocycles. The van der Waals surface area contributed by atoms with Crippen molar-refractivity contribution in [2.45, 2.75) is 58.0 Å². The minimum absolute atomic E-state index is 0.0202. The smallest absolute Gasteiger partial charge is 0.323 e. The van der Waals surface area contributed by atoms with Gasteiger partial charge in [0, 0.05) is 13.1 Å². The van der Waals surface area contributed by atoms with Crippen LogP contribution in [0.3, 0.4) is 0 Å². The van der Waals surface area contributed by atoms with E-state index < -0.39 is 9.84 Å². The largest absolute Gasteiger partial charge is 0.346 e. The molecule has 0 unspecified atom stereocenters. The van der Waals surface area contributed by atoms with E-state index >= 15 is 0 Å². The Morgan fingerprint density at radius 3 is 2.45 bits per heavy atom. The monoisotopic (exact) mass is 330 g/mol. The normalized spacial score (nSPS) is 11.6. The van der Waals surface area contributed by atoms with Gasteiger partial charge in [0.1, 0.15) is 6.33 Å². The second-order valence-electron chi connectivity index (χ2n) is 5.21. The van der Waals surface area contributed by atoms with E-state index in [4.69, 9.17) is 0 Å². The summed E-state index contributed by atoms with van der Waals surface area (Å²) in [7, 11) is -3.51. The molecule has 0 saturated heterocycles. The number of rotatable bonds is 9. The molecule has 0 bridgehead atoms.